The second kappa shape index (κ2) is 7.42. The number of hydrogen-bond acceptors (Lipinski definition) is 3. The molecule has 1 N–H and O–H groups in total. The minimum Gasteiger partial charge on any atom is -0.436 e. The number of amides is 1. The maximum Gasteiger partial charge on any atom is 0.261 e. The molecule has 0 saturated carbocycles. The number of carbonyl (C=O) groups is 1. The number of halogens is 6. The fourth-order valence-corrected chi connectivity index (χ4v) is 2.88. The van der Waals surface area contributed by atoms with Gasteiger partial charge in [-0.1, -0.05) is 11.6 Å². The molecule has 3 aromatic carbocycles. The molecule has 1 heterocycles. The largest absolute Gasteiger partial charge is 0.436 e. The topological polar surface area (TPSA) is 55.1 Å². The van der Waals surface area contributed by atoms with Crippen molar-refractivity contribution in [3.8, 4) is 11.5 Å². The van der Waals surface area contributed by atoms with Gasteiger partial charge in [0.1, 0.15) is 11.1 Å². The summed E-state index contributed by atoms with van der Waals surface area (Å²) in [6.45, 7) is 0. The van der Waals surface area contributed by atoms with Gasteiger partial charge in [-0.15, -0.1) is 0 Å². The lowest BCUT2D eigenvalue weighted by Crippen LogP contribution is -2.19. The first-order chi connectivity index (χ1) is 14.3. The smallest absolute Gasteiger partial charge is 0.261 e. The van der Waals surface area contributed by atoms with Crippen LogP contribution in [-0.4, -0.2) is 10.9 Å². The molecular weight excluding hydrogens is 431 g/mol. The zero-order valence-electron chi connectivity index (χ0n) is 14.6. The second-order valence-corrected chi connectivity index (χ2v) is 6.54. The standard InChI is InChI=1S/C20H8ClF5N2O2/c21-9-3-6-12-11(7-9)28-20(30-12)8-1-4-10(5-2-8)27-19(29)13-14(22)16(24)18(26)17(25)15(13)23/h1-7H,(H,27,29). The van der Waals surface area contributed by atoms with Crippen molar-refractivity contribution >= 4 is 34.3 Å². The highest BCUT2D eigenvalue weighted by atomic mass is 35.5. The highest BCUT2D eigenvalue weighted by Crippen LogP contribution is 2.28. The Morgan fingerprint density at radius 1 is 0.867 bits per heavy atom. The minimum absolute atomic E-state index is 0.0480. The number of fused-ring (bicyclic) bond motifs is 1. The fourth-order valence-electron chi connectivity index (χ4n) is 2.72. The molecule has 0 aliphatic heterocycles. The molecule has 0 fully saturated rings. The van der Waals surface area contributed by atoms with Crippen LogP contribution in [-0.2, 0) is 0 Å². The van der Waals surface area contributed by atoms with Gasteiger partial charge < -0.3 is 9.73 Å². The predicted molar refractivity (Wildman–Crippen MR) is 98.6 cm³/mol. The van der Waals surface area contributed by atoms with Gasteiger partial charge >= 0.3 is 0 Å². The molecule has 0 saturated heterocycles. The Bertz CT molecular complexity index is 1280. The molecule has 0 aliphatic carbocycles. The van der Waals surface area contributed by atoms with Gasteiger partial charge in [0, 0.05) is 16.3 Å². The number of anilines is 1. The van der Waals surface area contributed by atoms with Crippen LogP contribution in [0.4, 0.5) is 27.6 Å². The average molecular weight is 439 g/mol. The van der Waals surface area contributed by atoms with Crippen molar-refractivity contribution in [3.63, 3.8) is 0 Å². The van der Waals surface area contributed by atoms with Crippen LogP contribution in [0.5, 0.6) is 0 Å². The summed E-state index contributed by atoms with van der Waals surface area (Å²) in [5, 5.41) is 2.56. The summed E-state index contributed by atoms with van der Waals surface area (Å²) in [7, 11) is 0. The van der Waals surface area contributed by atoms with Gasteiger partial charge in [-0.25, -0.2) is 26.9 Å². The van der Waals surface area contributed by atoms with Crippen LogP contribution in [0.15, 0.2) is 46.9 Å². The van der Waals surface area contributed by atoms with E-state index in [0.717, 1.165) is 0 Å². The van der Waals surface area contributed by atoms with E-state index in [1.807, 2.05) is 0 Å². The van der Waals surface area contributed by atoms with Crippen LogP contribution < -0.4 is 5.32 Å². The highest BCUT2D eigenvalue weighted by Gasteiger charge is 2.29. The van der Waals surface area contributed by atoms with Crippen molar-refractivity contribution in [3.05, 3.63) is 82.1 Å². The number of hydrogen-bond donors (Lipinski definition) is 1. The van der Waals surface area contributed by atoms with Crippen molar-refractivity contribution in [1.82, 2.24) is 4.98 Å². The van der Waals surface area contributed by atoms with E-state index in [0.29, 0.717) is 21.7 Å². The molecule has 4 nitrogen and oxygen atoms in total. The van der Waals surface area contributed by atoms with Gasteiger partial charge in [-0.05, 0) is 42.5 Å². The van der Waals surface area contributed by atoms with Crippen molar-refractivity contribution in [1.29, 1.82) is 0 Å². The summed E-state index contributed by atoms with van der Waals surface area (Å²) < 4.78 is 72.8. The zero-order chi connectivity index (χ0) is 21.6. The monoisotopic (exact) mass is 438 g/mol. The highest BCUT2D eigenvalue weighted by molar-refractivity contribution is 6.31. The molecule has 4 aromatic rings. The lowest BCUT2D eigenvalue weighted by Gasteiger charge is -2.09. The van der Waals surface area contributed by atoms with Crippen molar-refractivity contribution in [2.75, 3.05) is 5.32 Å². The number of benzene rings is 3. The van der Waals surface area contributed by atoms with Crippen LogP contribution in [0.3, 0.4) is 0 Å². The lowest BCUT2D eigenvalue weighted by atomic mass is 10.1. The first-order valence-electron chi connectivity index (χ1n) is 8.25. The average Bonchev–Trinajstić information content (AvgIpc) is 3.14. The van der Waals surface area contributed by atoms with Crippen LogP contribution in [0.1, 0.15) is 10.4 Å². The van der Waals surface area contributed by atoms with E-state index in [1.165, 1.54) is 24.3 Å². The van der Waals surface area contributed by atoms with Crippen LogP contribution in [0.25, 0.3) is 22.6 Å². The van der Waals surface area contributed by atoms with E-state index >= 15 is 0 Å². The van der Waals surface area contributed by atoms with E-state index in [2.05, 4.69) is 10.3 Å². The molecule has 0 aliphatic rings. The normalized spacial score (nSPS) is 11.1. The Labute approximate surface area is 169 Å². The van der Waals surface area contributed by atoms with Crippen LogP contribution in [0, 0.1) is 29.1 Å². The van der Waals surface area contributed by atoms with Crippen molar-refractivity contribution in [2.45, 2.75) is 0 Å². The summed E-state index contributed by atoms with van der Waals surface area (Å²) in [4.78, 5) is 16.4. The molecule has 1 aromatic heterocycles. The molecule has 0 bridgehead atoms. The van der Waals surface area contributed by atoms with Crippen LogP contribution in [0.2, 0.25) is 5.02 Å². The third-order valence-corrected chi connectivity index (χ3v) is 4.41. The number of nitrogens with zero attached hydrogens (tertiary/aromatic N) is 1. The third kappa shape index (κ3) is 3.37. The minimum atomic E-state index is -2.34. The first kappa shape index (κ1) is 19.8. The number of carbonyl (C=O) groups excluding carboxylic acids is 1. The molecule has 4 rings (SSSR count). The zero-order valence-corrected chi connectivity index (χ0v) is 15.3. The van der Waals surface area contributed by atoms with Gasteiger partial charge in [0.15, 0.2) is 28.9 Å². The van der Waals surface area contributed by atoms with E-state index < -0.39 is 40.6 Å². The molecular formula is C20H8ClF5N2O2. The molecule has 0 spiro atoms. The van der Waals surface area contributed by atoms with Gasteiger partial charge in [-0.3, -0.25) is 4.79 Å². The fraction of sp³-hybridized carbons (Fsp3) is 0. The van der Waals surface area contributed by atoms with E-state index in [-0.39, 0.29) is 11.6 Å². The van der Waals surface area contributed by atoms with Gasteiger partial charge in [0.05, 0.1) is 0 Å². The molecule has 0 radical (unpaired) electrons. The molecule has 152 valence electrons. The molecule has 10 heteroatoms. The third-order valence-electron chi connectivity index (χ3n) is 4.18. The van der Waals surface area contributed by atoms with Gasteiger partial charge in [-0.2, -0.15) is 0 Å². The molecule has 1 amide bonds. The van der Waals surface area contributed by atoms with Crippen LogP contribution >= 0.6 is 11.6 Å². The quantitative estimate of drug-likeness (QED) is 0.239. The molecule has 0 atom stereocenters. The van der Waals surface area contributed by atoms with Crippen molar-refractivity contribution < 1.29 is 31.2 Å². The second-order valence-electron chi connectivity index (χ2n) is 6.11. The summed E-state index contributed by atoms with van der Waals surface area (Å²) in [6.07, 6.45) is 0. The molecule has 0 unspecified atom stereocenters. The number of rotatable bonds is 3. The van der Waals surface area contributed by atoms with E-state index in [1.54, 1.807) is 18.2 Å². The first-order valence-corrected chi connectivity index (χ1v) is 8.63. The maximum atomic E-state index is 13.8. The SMILES string of the molecule is O=C(Nc1ccc(-c2nc3cc(Cl)ccc3o2)cc1)c1c(F)c(F)c(F)c(F)c1F. The summed E-state index contributed by atoms with van der Waals surface area (Å²) in [5.74, 6) is -12.4. The summed E-state index contributed by atoms with van der Waals surface area (Å²) >= 11 is 5.90. The molecule has 30 heavy (non-hydrogen) atoms. The number of oxazole rings is 1. The Morgan fingerprint density at radius 3 is 2.10 bits per heavy atom. The van der Waals surface area contributed by atoms with Gasteiger partial charge in [0.2, 0.25) is 11.7 Å². The Morgan fingerprint density at radius 2 is 1.47 bits per heavy atom. The van der Waals surface area contributed by atoms with E-state index in [9.17, 15) is 26.7 Å². The maximum absolute atomic E-state index is 13.8. The summed E-state index contributed by atoms with van der Waals surface area (Å²) in [5.41, 5.74) is 0.00833. The lowest BCUT2D eigenvalue weighted by molar-refractivity contribution is 0.101. The Kier molecular flexibility index (Phi) is 4.90. The Balaban J connectivity index is 1.60. The van der Waals surface area contributed by atoms with Crippen molar-refractivity contribution in [2.24, 2.45) is 0 Å². The Hall–Kier alpha value is -3.46. The number of nitrogens with one attached hydrogen (secondary N) is 1. The predicted octanol–water partition coefficient (Wildman–Crippen LogP) is 6.10. The van der Waals surface area contributed by atoms with Gasteiger partial charge in [0.25, 0.3) is 5.91 Å². The number of aromatic nitrogens is 1. The summed E-state index contributed by atoms with van der Waals surface area (Å²) in [6, 6.07) is 10.6. The van der Waals surface area contributed by atoms with E-state index in [4.69, 9.17) is 16.0 Å².